The van der Waals surface area contributed by atoms with Gasteiger partial charge in [0, 0.05) is 18.7 Å². The van der Waals surface area contributed by atoms with Gasteiger partial charge in [0.05, 0.1) is 0 Å². The molecule has 0 unspecified atom stereocenters. The Kier molecular flexibility index (Phi) is 4.66. The van der Waals surface area contributed by atoms with Crippen molar-refractivity contribution in [1.29, 1.82) is 0 Å². The molecule has 2 aliphatic rings. The summed E-state index contributed by atoms with van der Waals surface area (Å²) in [7, 11) is 0. The minimum atomic E-state index is 0.104. The topological polar surface area (TPSA) is 38.8 Å². The molecule has 0 spiro atoms. The monoisotopic (exact) mass is 301 g/mol. The molecule has 0 N–H and O–H groups in total. The van der Waals surface area contributed by atoms with Crippen molar-refractivity contribution in [3.8, 4) is 11.5 Å². The van der Waals surface area contributed by atoms with Crippen molar-refractivity contribution in [2.45, 2.75) is 45.1 Å². The number of carbonyl (C=O) groups excluding carboxylic acids is 1. The number of fused-ring (bicyclic) bond motifs is 1. The average molecular weight is 301 g/mol. The Bertz CT molecular complexity index is 561. The first-order chi connectivity index (χ1) is 10.8. The van der Waals surface area contributed by atoms with E-state index in [2.05, 4.69) is 6.92 Å². The molecule has 1 heterocycles. The van der Waals surface area contributed by atoms with Crippen LogP contribution in [0, 0.1) is 0 Å². The molecule has 0 bridgehead atoms. The number of hydrogen-bond donors (Lipinski definition) is 0. The molecule has 22 heavy (non-hydrogen) atoms. The van der Waals surface area contributed by atoms with E-state index in [1.165, 1.54) is 19.3 Å². The Morgan fingerprint density at radius 1 is 1.23 bits per heavy atom. The van der Waals surface area contributed by atoms with Crippen molar-refractivity contribution in [2.75, 3.05) is 13.3 Å². The van der Waals surface area contributed by atoms with Gasteiger partial charge in [-0.05, 0) is 43.5 Å². The molecule has 3 rings (SSSR count). The standard InChI is InChI=1S/C18H23NO3/c1-2-19(15-6-4-3-5-7-15)18(20)11-9-14-8-10-16-17(12-14)22-13-21-16/h8-12,15H,2-7,13H2,1H3/b11-9+. The first kappa shape index (κ1) is 14.9. The molecule has 0 atom stereocenters. The predicted octanol–water partition coefficient (Wildman–Crippen LogP) is 3.61. The van der Waals surface area contributed by atoms with E-state index in [1.807, 2.05) is 29.2 Å². The van der Waals surface area contributed by atoms with E-state index in [9.17, 15) is 4.79 Å². The molecule has 0 saturated heterocycles. The third-order valence-electron chi connectivity index (χ3n) is 4.45. The van der Waals surface area contributed by atoms with Gasteiger partial charge in [-0.3, -0.25) is 4.79 Å². The second-order valence-corrected chi connectivity index (χ2v) is 5.86. The summed E-state index contributed by atoms with van der Waals surface area (Å²) < 4.78 is 10.7. The molecule has 4 nitrogen and oxygen atoms in total. The van der Waals surface area contributed by atoms with Crippen molar-refractivity contribution >= 4 is 12.0 Å². The smallest absolute Gasteiger partial charge is 0.246 e. The Morgan fingerprint density at radius 2 is 2.00 bits per heavy atom. The lowest BCUT2D eigenvalue weighted by Crippen LogP contribution is -2.40. The van der Waals surface area contributed by atoms with Crippen LogP contribution < -0.4 is 9.47 Å². The molecule has 1 amide bonds. The lowest BCUT2D eigenvalue weighted by Gasteiger charge is -2.32. The van der Waals surface area contributed by atoms with E-state index in [0.29, 0.717) is 6.04 Å². The number of rotatable bonds is 4. The van der Waals surface area contributed by atoms with Crippen LogP contribution in [-0.4, -0.2) is 30.2 Å². The van der Waals surface area contributed by atoms with Gasteiger partial charge < -0.3 is 14.4 Å². The van der Waals surface area contributed by atoms with Crippen LogP contribution in [0.5, 0.6) is 11.5 Å². The quantitative estimate of drug-likeness (QED) is 0.797. The second-order valence-electron chi connectivity index (χ2n) is 5.86. The third kappa shape index (κ3) is 3.26. The Labute approximate surface area is 131 Å². The molecule has 1 fully saturated rings. The first-order valence-corrected chi connectivity index (χ1v) is 8.16. The van der Waals surface area contributed by atoms with Crippen LogP contribution in [0.1, 0.15) is 44.6 Å². The summed E-state index contributed by atoms with van der Waals surface area (Å²) in [6.45, 7) is 3.10. The second kappa shape index (κ2) is 6.86. The number of carbonyl (C=O) groups is 1. The van der Waals surface area contributed by atoms with E-state index in [1.54, 1.807) is 6.08 Å². The number of likely N-dealkylation sites (N-methyl/N-ethyl adjacent to an activating group) is 1. The minimum absolute atomic E-state index is 0.104. The Hall–Kier alpha value is -1.97. The van der Waals surface area contributed by atoms with E-state index in [0.717, 1.165) is 36.4 Å². The lowest BCUT2D eigenvalue weighted by molar-refractivity contribution is -0.128. The van der Waals surface area contributed by atoms with Crippen LogP contribution >= 0.6 is 0 Å². The zero-order valence-corrected chi connectivity index (χ0v) is 13.1. The fourth-order valence-electron chi connectivity index (χ4n) is 3.27. The Balaban J connectivity index is 1.66. The van der Waals surface area contributed by atoms with Gasteiger partial charge >= 0.3 is 0 Å². The number of ether oxygens (including phenoxy) is 2. The van der Waals surface area contributed by atoms with Gasteiger partial charge in [0.25, 0.3) is 0 Å². The highest BCUT2D eigenvalue weighted by Crippen LogP contribution is 2.32. The van der Waals surface area contributed by atoms with Crippen LogP contribution in [0.3, 0.4) is 0 Å². The molecular weight excluding hydrogens is 278 g/mol. The highest BCUT2D eigenvalue weighted by atomic mass is 16.7. The first-order valence-electron chi connectivity index (χ1n) is 8.16. The maximum absolute atomic E-state index is 12.5. The molecule has 0 aromatic heterocycles. The van der Waals surface area contributed by atoms with Crippen LogP contribution in [-0.2, 0) is 4.79 Å². The van der Waals surface area contributed by atoms with Crippen LogP contribution in [0.4, 0.5) is 0 Å². The molecule has 1 aromatic rings. The largest absolute Gasteiger partial charge is 0.454 e. The normalized spacial score (nSPS) is 17.9. The fourth-order valence-corrected chi connectivity index (χ4v) is 3.27. The summed E-state index contributed by atoms with van der Waals surface area (Å²) in [5, 5.41) is 0. The number of hydrogen-bond acceptors (Lipinski definition) is 3. The van der Waals surface area contributed by atoms with Crippen LogP contribution in [0.15, 0.2) is 24.3 Å². The zero-order valence-electron chi connectivity index (χ0n) is 13.1. The highest BCUT2D eigenvalue weighted by Gasteiger charge is 2.22. The van der Waals surface area contributed by atoms with Gasteiger partial charge in [0.15, 0.2) is 11.5 Å². The summed E-state index contributed by atoms with van der Waals surface area (Å²) in [6.07, 6.45) is 9.58. The molecular formula is C18H23NO3. The summed E-state index contributed by atoms with van der Waals surface area (Å²) in [6, 6.07) is 6.13. The van der Waals surface area contributed by atoms with Crippen molar-refractivity contribution < 1.29 is 14.3 Å². The lowest BCUT2D eigenvalue weighted by atomic mass is 9.94. The molecule has 1 saturated carbocycles. The van der Waals surface area contributed by atoms with Crippen LogP contribution in [0.2, 0.25) is 0 Å². The van der Waals surface area contributed by atoms with Crippen molar-refractivity contribution in [2.24, 2.45) is 0 Å². The highest BCUT2D eigenvalue weighted by molar-refractivity contribution is 5.92. The van der Waals surface area contributed by atoms with Gasteiger partial charge in [-0.25, -0.2) is 0 Å². The van der Waals surface area contributed by atoms with E-state index < -0.39 is 0 Å². The minimum Gasteiger partial charge on any atom is -0.454 e. The van der Waals surface area contributed by atoms with E-state index in [4.69, 9.17) is 9.47 Å². The van der Waals surface area contributed by atoms with Crippen LogP contribution in [0.25, 0.3) is 6.08 Å². The van der Waals surface area contributed by atoms with Gasteiger partial charge in [-0.15, -0.1) is 0 Å². The SMILES string of the molecule is CCN(C(=O)/C=C/c1ccc2c(c1)OCO2)C1CCCCC1. The molecule has 1 aliphatic carbocycles. The molecule has 118 valence electrons. The zero-order chi connectivity index (χ0) is 15.4. The van der Waals surface area contributed by atoms with Gasteiger partial charge in [0.2, 0.25) is 12.7 Å². The molecule has 4 heteroatoms. The molecule has 1 aliphatic heterocycles. The predicted molar refractivity (Wildman–Crippen MR) is 85.9 cm³/mol. The van der Waals surface area contributed by atoms with E-state index in [-0.39, 0.29) is 12.7 Å². The van der Waals surface area contributed by atoms with E-state index >= 15 is 0 Å². The van der Waals surface area contributed by atoms with Crippen molar-refractivity contribution in [3.63, 3.8) is 0 Å². The summed E-state index contributed by atoms with van der Waals surface area (Å²) in [5.74, 6) is 1.61. The summed E-state index contributed by atoms with van der Waals surface area (Å²) in [5.41, 5.74) is 0.956. The molecule has 0 radical (unpaired) electrons. The average Bonchev–Trinajstić information content (AvgIpc) is 3.02. The maximum Gasteiger partial charge on any atom is 0.246 e. The Morgan fingerprint density at radius 3 is 2.77 bits per heavy atom. The third-order valence-corrected chi connectivity index (χ3v) is 4.45. The number of benzene rings is 1. The van der Waals surface area contributed by atoms with Crippen molar-refractivity contribution in [1.82, 2.24) is 4.90 Å². The molecule has 1 aromatic carbocycles. The van der Waals surface area contributed by atoms with Gasteiger partial charge in [-0.1, -0.05) is 25.3 Å². The summed E-state index contributed by atoms with van der Waals surface area (Å²) >= 11 is 0. The fraction of sp³-hybridized carbons (Fsp3) is 0.500. The maximum atomic E-state index is 12.5. The number of nitrogens with zero attached hydrogens (tertiary/aromatic N) is 1. The van der Waals surface area contributed by atoms with Crippen molar-refractivity contribution in [3.05, 3.63) is 29.8 Å². The van der Waals surface area contributed by atoms with Gasteiger partial charge in [0.1, 0.15) is 0 Å². The van der Waals surface area contributed by atoms with Gasteiger partial charge in [-0.2, -0.15) is 0 Å². The number of amides is 1. The summed E-state index contributed by atoms with van der Waals surface area (Å²) in [4.78, 5) is 14.5.